The molecule has 5 nitrogen and oxygen atoms in total. The molecule has 25 heavy (non-hydrogen) atoms. The fraction of sp³-hybridized carbons (Fsp3) is 0.222. The third-order valence-corrected chi connectivity index (χ3v) is 4.44. The highest BCUT2D eigenvalue weighted by Crippen LogP contribution is 2.22. The minimum atomic E-state index is 0.419. The summed E-state index contributed by atoms with van der Waals surface area (Å²) in [6.45, 7) is 3.02. The van der Waals surface area contributed by atoms with E-state index in [0.717, 1.165) is 29.1 Å². The number of ether oxygens (including phenoxy) is 1. The molecule has 0 aliphatic rings. The average molecular weight is 375 g/mol. The van der Waals surface area contributed by atoms with E-state index in [2.05, 4.69) is 15.6 Å². The average Bonchev–Trinajstić information content (AvgIpc) is 3.00. The number of rotatable bonds is 7. The van der Waals surface area contributed by atoms with Crippen molar-refractivity contribution >= 4 is 23.8 Å². The van der Waals surface area contributed by atoms with Crippen LogP contribution in [0.25, 0.3) is 0 Å². The SMILES string of the molecule is CCc1n[nH]c(=S)n1NCc1ccccc1OCc1ccccc1Cl. The van der Waals surface area contributed by atoms with Crippen molar-refractivity contribution in [3.63, 3.8) is 0 Å². The molecule has 2 aromatic carbocycles. The molecular weight excluding hydrogens is 356 g/mol. The molecule has 0 unspecified atom stereocenters. The van der Waals surface area contributed by atoms with Gasteiger partial charge in [0.2, 0.25) is 4.77 Å². The molecule has 130 valence electrons. The van der Waals surface area contributed by atoms with Crippen LogP contribution < -0.4 is 10.2 Å². The first kappa shape index (κ1) is 17.5. The van der Waals surface area contributed by atoms with Gasteiger partial charge in [-0.05, 0) is 24.4 Å². The Labute approximate surface area is 156 Å². The topological polar surface area (TPSA) is 54.9 Å². The van der Waals surface area contributed by atoms with E-state index in [1.165, 1.54) is 0 Å². The molecule has 0 saturated heterocycles. The molecule has 0 spiro atoms. The summed E-state index contributed by atoms with van der Waals surface area (Å²) >= 11 is 11.4. The zero-order valence-electron chi connectivity index (χ0n) is 13.8. The van der Waals surface area contributed by atoms with Gasteiger partial charge in [0.1, 0.15) is 12.4 Å². The first-order valence-corrected chi connectivity index (χ1v) is 8.82. The largest absolute Gasteiger partial charge is 0.488 e. The van der Waals surface area contributed by atoms with Crippen molar-refractivity contribution in [1.82, 2.24) is 14.9 Å². The Morgan fingerprint density at radius 1 is 1.16 bits per heavy atom. The van der Waals surface area contributed by atoms with E-state index >= 15 is 0 Å². The zero-order valence-corrected chi connectivity index (χ0v) is 15.4. The molecule has 0 aliphatic heterocycles. The monoisotopic (exact) mass is 374 g/mol. The Kier molecular flexibility index (Phi) is 5.73. The fourth-order valence-corrected chi connectivity index (χ4v) is 2.86. The van der Waals surface area contributed by atoms with Gasteiger partial charge in [0, 0.05) is 22.6 Å². The third kappa shape index (κ3) is 4.21. The molecule has 2 N–H and O–H groups in total. The first-order chi connectivity index (χ1) is 12.2. The van der Waals surface area contributed by atoms with Gasteiger partial charge in [0.05, 0.1) is 6.54 Å². The molecule has 1 aromatic heterocycles. The summed E-state index contributed by atoms with van der Waals surface area (Å²) in [5, 5.41) is 7.70. The number of aromatic amines is 1. The van der Waals surface area contributed by atoms with Crippen LogP contribution in [0.3, 0.4) is 0 Å². The lowest BCUT2D eigenvalue weighted by Crippen LogP contribution is -2.17. The second-order valence-corrected chi connectivity index (χ2v) is 6.25. The van der Waals surface area contributed by atoms with Gasteiger partial charge >= 0.3 is 0 Å². The van der Waals surface area contributed by atoms with Crippen molar-refractivity contribution in [2.24, 2.45) is 0 Å². The molecule has 0 fully saturated rings. The molecule has 0 bridgehead atoms. The van der Waals surface area contributed by atoms with Crippen LogP contribution in [0, 0.1) is 4.77 Å². The molecule has 0 saturated carbocycles. The van der Waals surface area contributed by atoms with Crippen LogP contribution in [0.5, 0.6) is 5.75 Å². The van der Waals surface area contributed by atoms with Crippen LogP contribution in [0.15, 0.2) is 48.5 Å². The summed E-state index contributed by atoms with van der Waals surface area (Å²) in [6, 6.07) is 15.6. The number of hydrogen-bond acceptors (Lipinski definition) is 4. The number of aryl methyl sites for hydroxylation is 1. The van der Waals surface area contributed by atoms with Crippen molar-refractivity contribution in [2.45, 2.75) is 26.5 Å². The number of aromatic nitrogens is 3. The van der Waals surface area contributed by atoms with Crippen LogP contribution in [0.4, 0.5) is 0 Å². The number of H-pyrrole nitrogens is 1. The Morgan fingerprint density at radius 2 is 1.88 bits per heavy atom. The normalized spacial score (nSPS) is 10.6. The Bertz CT molecular complexity index is 906. The fourth-order valence-electron chi connectivity index (χ4n) is 2.46. The molecular formula is C18H19ClN4OS. The summed E-state index contributed by atoms with van der Waals surface area (Å²) in [5.41, 5.74) is 5.27. The third-order valence-electron chi connectivity index (χ3n) is 3.80. The number of benzene rings is 2. The molecule has 3 aromatic rings. The highest BCUT2D eigenvalue weighted by molar-refractivity contribution is 7.71. The van der Waals surface area contributed by atoms with E-state index in [9.17, 15) is 0 Å². The molecule has 7 heteroatoms. The summed E-state index contributed by atoms with van der Waals surface area (Å²) in [6.07, 6.45) is 0.783. The lowest BCUT2D eigenvalue weighted by atomic mass is 10.2. The number of hydrogen-bond donors (Lipinski definition) is 2. The van der Waals surface area contributed by atoms with Gasteiger partial charge < -0.3 is 10.2 Å². The summed E-state index contributed by atoms with van der Waals surface area (Å²) in [5.74, 6) is 1.67. The van der Waals surface area contributed by atoms with E-state index < -0.39 is 0 Å². The number of nitrogens with one attached hydrogen (secondary N) is 2. The molecule has 1 heterocycles. The van der Waals surface area contributed by atoms with Gasteiger partial charge in [-0.2, -0.15) is 5.10 Å². The zero-order chi connectivity index (χ0) is 17.6. The maximum atomic E-state index is 6.19. The smallest absolute Gasteiger partial charge is 0.214 e. The molecule has 0 aliphatic carbocycles. The minimum Gasteiger partial charge on any atom is -0.488 e. The van der Waals surface area contributed by atoms with Gasteiger partial charge in [-0.25, -0.2) is 4.68 Å². The highest BCUT2D eigenvalue weighted by Gasteiger charge is 2.07. The van der Waals surface area contributed by atoms with E-state index in [4.69, 9.17) is 28.6 Å². The molecule has 0 amide bonds. The standard InChI is InChI=1S/C18H19ClN4OS/c1-2-17-21-22-18(25)23(17)20-11-13-7-4-6-10-16(13)24-12-14-8-3-5-9-15(14)19/h3-10,20H,2,11-12H2,1H3,(H,22,25). The van der Waals surface area contributed by atoms with Gasteiger partial charge in [-0.3, -0.25) is 5.10 Å². The molecule has 0 radical (unpaired) electrons. The van der Waals surface area contributed by atoms with Crippen molar-refractivity contribution in [3.8, 4) is 5.75 Å². The maximum absolute atomic E-state index is 6.19. The second kappa shape index (κ2) is 8.18. The van der Waals surface area contributed by atoms with E-state index in [1.807, 2.05) is 55.5 Å². The predicted octanol–water partition coefficient (Wildman–Crippen LogP) is 4.48. The molecule has 0 atom stereocenters. The summed E-state index contributed by atoms with van der Waals surface area (Å²) in [7, 11) is 0. The van der Waals surface area contributed by atoms with Gasteiger partial charge in [0.15, 0.2) is 5.82 Å². The second-order valence-electron chi connectivity index (χ2n) is 5.46. The van der Waals surface area contributed by atoms with E-state index in [-0.39, 0.29) is 0 Å². The minimum absolute atomic E-state index is 0.419. The van der Waals surface area contributed by atoms with Crippen molar-refractivity contribution in [3.05, 3.63) is 75.3 Å². The predicted molar refractivity (Wildman–Crippen MR) is 102 cm³/mol. The Morgan fingerprint density at radius 3 is 2.64 bits per heavy atom. The van der Waals surface area contributed by atoms with Gasteiger partial charge in [0.25, 0.3) is 0 Å². The van der Waals surface area contributed by atoms with Crippen LogP contribution in [-0.4, -0.2) is 14.9 Å². The van der Waals surface area contributed by atoms with Crippen molar-refractivity contribution in [1.29, 1.82) is 0 Å². The van der Waals surface area contributed by atoms with E-state index in [0.29, 0.717) is 22.9 Å². The van der Waals surface area contributed by atoms with Gasteiger partial charge in [-0.1, -0.05) is 54.9 Å². The summed E-state index contributed by atoms with van der Waals surface area (Å²) < 4.78 is 8.32. The number of nitrogens with zero attached hydrogens (tertiary/aromatic N) is 2. The quantitative estimate of drug-likeness (QED) is 0.599. The van der Waals surface area contributed by atoms with Crippen LogP contribution >= 0.6 is 23.8 Å². The highest BCUT2D eigenvalue weighted by atomic mass is 35.5. The Hall–Kier alpha value is -2.31. The van der Waals surface area contributed by atoms with Crippen molar-refractivity contribution in [2.75, 3.05) is 5.43 Å². The summed E-state index contributed by atoms with van der Waals surface area (Å²) in [4.78, 5) is 0. The lowest BCUT2D eigenvalue weighted by Gasteiger charge is -2.14. The first-order valence-electron chi connectivity index (χ1n) is 8.03. The Balaban J connectivity index is 1.72. The molecule has 3 rings (SSSR count). The lowest BCUT2D eigenvalue weighted by molar-refractivity contribution is 0.303. The van der Waals surface area contributed by atoms with E-state index in [1.54, 1.807) is 4.68 Å². The van der Waals surface area contributed by atoms with Crippen LogP contribution in [-0.2, 0) is 19.6 Å². The van der Waals surface area contributed by atoms with Gasteiger partial charge in [-0.15, -0.1) is 0 Å². The van der Waals surface area contributed by atoms with Crippen molar-refractivity contribution < 1.29 is 4.74 Å². The number of para-hydroxylation sites is 1. The van der Waals surface area contributed by atoms with Crippen LogP contribution in [0.1, 0.15) is 23.9 Å². The maximum Gasteiger partial charge on any atom is 0.214 e. The number of halogens is 1. The van der Waals surface area contributed by atoms with Crippen LogP contribution in [0.2, 0.25) is 5.02 Å².